The molecule has 3 nitrogen and oxygen atoms in total. The van der Waals surface area contributed by atoms with Gasteiger partial charge in [0.25, 0.3) is 0 Å². The van der Waals surface area contributed by atoms with Gasteiger partial charge in [-0.1, -0.05) is 44.2 Å². The largest absolute Gasteiger partial charge is 0.274 e. The Hall–Kier alpha value is -1.29. The van der Waals surface area contributed by atoms with Crippen LogP contribution in [-0.4, -0.2) is 20.5 Å². The Morgan fingerprint density at radius 3 is 2.47 bits per heavy atom. The molecule has 19 heavy (non-hydrogen) atoms. The van der Waals surface area contributed by atoms with Gasteiger partial charge in [0.2, 0.25) is 0 Å². The summed E-state index contributed by atoms with van der Waals surface area (Å²) in [6.07, 6.45) is 3.50. The van der Waals surface area contributed by atoms with Crippen molar-refractivity contribution in [3.05, 3.63) is 35.7 Å². The molecule has 0 saturated carbocycles. The smallest absolute Gasteiger partial charge is 0.195 e. The zero-order chi connectivity index (χ0) is 13.7. The van der Waals surface area contributed by atoms with Crippen molar-refractivity contribution in [3.63, 3.8) is 0 Å². The summed E-state index contributed by atoms with van der Waals surface area (Å²) in [5.74, 6) is 2.05. The summed E-state index contributed by atoms with van der Waals surface area (Å²) in [5.41, 5.74) is 2.51. The maximum absolute atomic E-state index is 4.28. The number of aromatic nitrogens is 3. The summed E-state index contributed by atoms with van der Waals surface area (Å²) in [6, 6.07) is 8.66. The number of hydrogen-bond donors (Lipinski definition) is 0. The van der Waals surface area contributed by atoms with Gasteiger partial charge in [0, 0.05) is 11.4 Å². The molecule has 0 saturated heterocycles. The van der Waals surface area contributed by atoms with Gasteiger partial charge in [-0.25, -0.2) is 0 Å². The summed E-state index contributed by atoms with van der Waals surface area (Å²) >= 11 is 1.79. The van der Waals surface area contributed by atoms with Gasteiger partial charge < -0.3 is 0 Å². The number of rotatable bonds is 6. The average Bonchev–Trinajstić information content (AvgIpc) is 2.80. The van der Waals surface area contributed by atoms with Crippen LogP contribution in [-0.2, 0) is 6.42 Å². The van der Waals surface area contributed by atoms with Crippen LogP contribution in [0.25, 0.3) is 5.69 Å². The van der Waals surface area contributed by atoms with Crippen LogP contribution < -0.4 is 0 Å². The highest BCUT2D eigenvalue weighted by atomic mass is 32.2. The van der Waals surface area contributed by atoms with Gasteiger partial charge >= 0.3 is 0 Å². The van der Waals surface area contributed by atoms with E-state index < -0.39 is 0 Å². The molecule has 1 heterocycles. The predicted molar refractivity (Wildman–Crippen MR) is 81.1 cm³/mol. The van der Waals surface area contributed by atoms with Crippen molar-refractivity contribution in [1.82, 2.24) is 14.8 Å². The molecule has 2 rings (SSSR count). The standard InChI is InChI=1S/C15H21N3S/c1-4-6-11-19-15-17-16-12(3)18(15)14-9-7-13(5-2)8-10-14/h7-10H,4-6,11H2,1-3H3. The molecule has 1 aromatic carbocycles. The van der Waals surface area contributed by atoms with Gasteiger partial charge in [-0.2, -0.15) is 0 Å². The van der Waals surface area contributed by atoms with Gasteiger partial charge in [-0.3, -0.25) is 4.57 Å². The van der Waals surface area contributed by atoms with Crippen molar-refractivity contribution in [3.8, 4) is 5.69 Å². The van der Waals surface area contributed by atoms with Crippen molar-refractivity contribution < 1.29 is 0 Å². The lowest BCUT2D eigenvalue weighted by molar-refractivity contribution is 0.854. The molecule has 0 bridgehead atoms. The van der Waals surface area contributed by atoms with Crippen LogP contribution in [0.4, 0.5) is 0 Å². The molecule has 102 valence electrons. The van der Waals surface area contributed by atoms with Crippen molar-refractivity contribution in [2.24, 2.45) is 0 Å². The van der Waals surface area contributed by atoms with E-state index in [0.717, 1.165) is 28.8 Å². The van der Waals surface area contributed by atoms with E-state index in [4.69, 9.17) is 0 Å². The van der Waals surface area contributed by atoms with Crippen LogP contribution >= 0.6 is 11.8 Å². The molecular formula is C15H21N3S. The summed E-state index contributed by atoms with van der Waals surface area (Å²) in [7, 11) is 0. The fraction of sp³-hybridized carbons (Fsp3) is 0.467. The topological polar surface area (TPSA) is 30.7 Å². The highest BCUT2D eigenvalue weighted by molar-refractivity contribution is 7.99. The minimum absolute atomic E-state index is 0.947. The Balaban J connectivity index is 2.24. The van der Waals surface area contributed by atoms with Crippen molar-refractivity contribution in [2.45, 2.75) is 45.2 Å². The normalized spacial score (nSPS) is 10.9. The lowest BCUT2D eigenvalue weighted by atomic mass is 10.1. The molecule has 0 aliphatic carbocycles. The van der Waals surface area contributed by atoms with Gasteiger partial charge in [-0.05, 0) is 37.5 Å². The molecule has 0 aliphatic heterocycles. The quantitative estimate of drug-likeness (QED) is 0.589. The van der Waals surface area contributed by atoms with Crippen LogP contribution in [0.5, 0.6) is 0 Å². The van der Waals surface area contributed by atoms with Crippen LogP contribution in [0.15, 0.2) is 29.4 Å². The number of thioether (sulfide) groups is 1. The maximum atomic E-state index is 4.28. The third-order valence-electron chi connectivity index (χ3n) is 3.13. The van der Waals surface area contributed by atoms with Crippen LogP contribution in [0, 0.1) is 6.92 Å². The van der Waals surface area contributed by atoms with E-state index in [1.54, 1.807) is 11.8 Å². The number of unbranched alkanes of at least 4 members (excludes halogenated alkanes) is 1. The van der Waals surface area contributed by atoms with Gasteiger partial charge in [0.15, 0.2) is 5.16 Å². The van der Waals surface area contributed by atoms with Crippen molar-refractivity contribution >= 4 is 11.8 Å². The molecule has 0 radical (unpaired) electrons. The fourth-order valence-electron chi connectivity index (χ4n) is 1.92. The van der Waals surface area contributed by atoms with E-state index in [2.05, 4.69) is 52.9 Å². The van der Waals surface area contributed by atoms with E-state index in [1.165, 1.54) is 18.4 Å². The molecule has 0 unspecified atom stereocenters. The first-order valence-corrected chi connectivity index (χ1v) is 7.89. The van der Waals surface area contributed by atoms with E-state index in [-0.39, 0.29) is 0 Å². The van der Waals surface area contributed by atoms with Crippen LogP contribution in [0.3, 0.4) is 0 Å². The number of benzene rings is 1. The Morgan fingerprint density at radius 1 is 1.11 bits per heavy atom. The number of aryl methyl sites for hydroxylation is 2. The molecule has 0 fully saturated rings. The first-order chi connectivity index (χ1) is 9.26. The van der Waals surface area contributed by atoms with Gasteiger partial charge in [0.1, 0.15) is 5.82 Å². The van der Waals surface area contributed by atoms with E-state index in [9.17, 15) is 0 Å². The van der Waals surface area contributed by atoms with E-state index in [0.29, 0.717) is 0 Å². The molecule has 4 heteroatoms. The predicted octanol–water partition coefficient (Wildman–Crippen LogP) is 4.03. The van der Waals surface area contributed by atoms with Crippen LogP contribution in [0.1, 0.15) is 38.1 Å². The molecule has 2 aromatic rings. The summed E-state index contributed by atoms with van der Waals surface area (Å²) in [6.45, 7) is 6.38. The highest BCUT2D eigenvalue weighted by Crippen LogP contribution is 2.23. The Labute approximate surface area is 119 Å². The molecule has 0 atom stereocenters. The van der Waals surface area contributed by atoms with Crippen molar-refractivity contribution in [1.29, 1.82) is 0 Å². The third-order valence-corrected chi connectivity index (χ3v) is 4.14. The molecule has 0 aliphatic rings. The van der Waals surface area contributed by atoms with Gasteiger partial charge in [-0.15, -0.1) is 10.2 Å². The summed E-state index contributed by atoms with van der Waals surface area (Å²) < 4.78 is 2.14. The number of nitrogens with zero attached hydrogens (tertiary/aromatic N) is 3. The monoisotopic (exact) mass is 275 g/mol. The lowest BCUT2D eigenvalue weighted by Crippen LogP contribution is -1.99. The highest BCUT2D eigenvalue weighted by Gasteiger charge is 2.10. The summed E-state index contributed by atoms with van der Waals surface area (Å²) in [4.78, 5) is 0. The van der Waals surface area contributed by atoms with Crippen LogP contribution in [0.2, 0.25) is 0 Å². The summed E-state index contributed by atoms with van der Waals surface area (Å²) in [5, 5.41) is 9.48. The second-order valence-corrected chi connectivity index (χ2v) is 5.65. The Morgan fingerprint density at radius 2 is 1.84 bits per heavy atom. The van der Waals surface area contributed by atoms with E-state index >= 15 is 0 Å². The maximum Gasteiger partial charge on any atom is 0.195 e. The molecular weight excluding hydrogens is 254 g/mol. The van der Waals surface area contributed by atoms with Gasteiger partial charge in [0.05, 0.1) is 0 Å². The Kier molecular flexibility index (Phi) is 5.02. The lowest BCUT2D eigenvalue weighted by Gasteiger charge is -2.08. The number of hydrogen-bond acceptors (Lipinski definition) is 3. The molecule has 0 N–H and O–H groups in total. The molecule has 1 aromatic heterocycles. The van der Waals surface area contributed by atoms with E-state index in [1.807, 2.05) is 6.92 Å². The minimum atomic E-state index is 0.947. The second kappa shape index (κ2) is 6.75. The zero-order valence-corrected chi connectivity index (χ0v) is 12.7. The Bertz CT molecular complexity index is 517. The first-order valence-electron chi connectivity index (χ1n) is 6.90. The first kappa shape index (κ1) is 14.1. The average molecular weight is 275 g/mol. The van der Waals surface area contributed by atoms with Crippen molar-refractivity contribution in [2.75, 3.05) is 5.75 Å². The zero-order valence-electron chi connectivity index (χ0n) is 11.9. The molecule has 0 amide bonds. The molecule has 0 spiro atoms. The fourth-order valence-corrected chi connectivity index (χ4v) is 3.00. The SMILES string of the molecule is CCCCSc1nnc(C)n1-c1ccc(CC)cc1. The third kappa shape index (κ3) is 3.38. The second-order valence-electron chi connectivity index (χ2n) is 4.59. The minimum Gasteiger partial charge on any atom is -0.274 e.